The van der Waals surface area contributed by atoms with Gasteiger partial charge in [0.2, 0.25) is 5.91 Å². The Hall–Kier alpha value is -2.05. The Kier molecular flexibility index (Phi) is 4.78. The van der Waals surface area contributed by atoms with Crippen LogP contribution in [-0.2, 0) is 11.3 Å². The molecule has 126 valence electrons. The molecule has 2 N–H and O–H groups in total. The molecule has 1 saturated heterocycles. The highest BCUT2D eigenvalue weighted by Crippen LogP contribution is 2.43. The van der Waals surface area contributed by atoms with Crippen molar-refractivity contribution in [1.82, 2.24) is 0 Å². The second-order valence-electron chi connectivity index (χ2n) is 5.89. The van der Waals surface area contributed by atoms with Crippen molar-refractivity contribution in [3.63, 3.8) is 0 Å². The van der Waals surface area contributed by atoms with Crippen molar-refractivity contribution in [3.8, 4) is 0 Å². The average Bonchev–Trinajstić information content (AvgIpc) is 2.96. The minimum atomic E-state index is -0.280. The number of hydrogen-bond acceptors (Lipinski definition) is 4. The summed E-state index contributed by atoms with van der Waals surface area (Å²) in [5.41, 5.74) is 9.62. The molecule has 1 aliphatic rings. The summed E-state index contributed by atoms with van der Waals surface area (Å²) < 4.78 is 13.2. The lowest BCUT2D eigenvalue weighted by Crippen LogP contribution is -2.29. The van der Waals surface area contributed by atoms with E-state index in [1.807, 2.05) is 37.2 Å². The molecule has 6 heteroatoms. The normalized spacial score (nSPS) is 17.4. The highest BCUT2D eigenvalue weighted by atomic mass is 32.2. The monoisotopic (exact) mass is 345 g/mol. The Morgan fingerprint density at radius 2 is 1.96 bits per heavy atom. The number of benzene rings is 2. The van der Waals surface area contributed by atoms with Crippen LogP contribution in [0.1, 0.15) is 16.5 Å². The van der Waals surface area contributed by atoms with Crippen LogP contribution in [0.5, 0.6) is 0 Å². The number of carbonyl (C=O) groups is 1. The third kappa shape index (κ3) is 3.12. The zero-order chi connectivity index (χ0) is 17.3. The first-order valence-corrected chi connectivity index (χ1v) is 8.75. The molecule has 0 bridgehead atoms. The predicted octanol–water partition coefficient (Wildman–Crippen LogP) is 3.13. The maximum atomic E-state index is 13.2. The van der Waals surface area contributed by atoms with E-state index < -0.39 is 0 Å². The molecule has 0 radical (unpaired) electrons. The number of halogens is 1. The Morgan fingerprint density at radius 3 is 2.58 bits per heavy atom. The molecule has 4 nitrogen and oxygen atoms in total. The zero-order valence-corrected chi connectivity index (χ0v) is 14.5. The molecule has 0 aliphatic carbocycles. The highest BCUT2D eigenvalue weighted by Gasteiger charge is 2.35. The van der Waals surface area contributed by atoms with Gasteiger partial charge in [0, 0.05) is 32.0 Å². The fourth-order valence-corrected chi connectivity index (χ4v) is 3.98. The second-order valence-corrected chi connectivity index (χ2v) is 6.96. The minimum Gasteiger partial charge on any atom is -0.378 e. The number of hydrogen-bond donors (Lipinski definition) is 1. The van der Waals surface area contributed by atoms with E-state index >= 15 is 0 Å². The molecule has 1 atom stereocenters. The van der Waals surface area contributed by atoms with Crippen LogP contribution in [-0.4, -0.2) is 25.8 Å². The van der Waals surface area contributed by atoms with Crippen LogP contribution in [0.25, 0.3) is 0 Å². The topological polar surface area (TPSA) is 49.6 Å². The predicted molar refractivity (Wildman–Crippen MR) is 97.7 cm³/mol. The van der Waals surface area contributed by atoms with E-state index in [2.05, 4.69) is 0 Å². The van der Waals surface area contributed by atoms with Gasteiger partial charge in [-0.1, -0.05) is 12.1 Å². The summed E-state index contributed by atoms with van der Waals surface area (Å²) >= 11 is 1.54. The van der Waals surface area contributed by atoms with Crippen LogP contribution >= 0.6 is 11.8 Å². The molecule has 1 aliphatic heterocycles. The van der Waals surface area contributed by atoms with Crippen LogP contribution in [0.3, 0.4) is 0 Å². The van der Waals surface area contributed by atoms with E-state index in [9.17, 15) is 9.18 Å². The summed E-state index contributed by atoms with van der Waals surface area (Å²) in [6.45, 7) is 0.349. The lowest BCUT2D eigenvalue weighted by atomic mass is 10.1. The molecule has 2 aromatic rings. The molecule has 1 unspecified atom stereocenters. The zero-order valence-electron chi connectivity index (χ0n) is 13.7. The number of rotatable bonds is 4. The smallest absolute Gasteiger partial charge is 0.238 e. The van der Waals surface area contributed by atoms with Gasteiger partial charge in [-0.15, -0.1) is 11.8 Å². The van der Waals surface area contributed by atoms with Crippen LogP contribution in [0.2, 0.25) is 0 Å². The van der Waals surface area contributed by atoms with Crippen molar-refractivity contribution in [2.45, 2.75) is 11.9 Å². The number of anilines is 2. The molecule has 1 heterocycles. The van der Waals surface area contributed by atoms with Gasteiger partial charge in [0.15, 0.2) is 0 Å². The average molecular weight is 345 g/mol. The van der Waals surface area contributed by atoms with Crippen molar-refractivity contribution in [1.29, 1.82) is 0 Å². The van der Waals surface area contributed by atoms with E-state index in [1.165, 1.54) is 12.1 Å². The Bertz CT molecular complexity index is 748. The quantitative estimate of drug-likeness (QED) is 0.925. The van der Waals surface area contributed by atoms with Gasteiger partial charge < -0.3 is 10.6 Å². The highest BCUT2D eigenvalue weighted by molar-refractivity contribution is 8.00. The molecular formula is C18H20FN3OS. The van der Waals surface area contributed by atoms with E-state index in [0.29, 0.717) is 12.3 Å². The molecule has 1 fully saturated rings. The molecule has 0 spiro atoms. The number of carbonyl (C=O) groups excluding carboxylic acids is 1. The van der Waals surface area contributed by atoms with E-state index in [1.54, 1.807) is 28.8 Å². The largest absolute Gasteiger partial charge is 0.378 e. The van der Waals surface area contributed by atoms with Crippen molar-refractivity contribution in [2.75, 3.05) is 29.6 Å². The first-order chi connectivity index (χ1) is 11.5. The summed E-state index contributed by atoms with van der Waals surface area (Å²) in [4.78, 5) is 16.3. The lowest BCUT2D eigenvalue weighted by molar-refractivity contribution is -0.115. The standard InChI is InChI=1S/C18H20FN3OS/c1-21(2)15-7-8-16(13(9-15)10-20)22-17(23)11-24-18(22)12-3-5-14(19)6-4-12/h3-9,18H,10-11,20H2,1-2H3. The number of thioether (sulfide) groups is 1. The van der Waals surface area contributed by atoms with Gasteiger partial charge in [-0.2, -0.15) is 0 Å². The second kappa shape index (κ2) is 6.83. The van der Waals surface area contributed by atoms with Gasteiger partial charge in [0.25, 0.3) is 0 Å². The molecule has 0 saturated carbocycles. The van der Waals surface area contributed by atoms with Gasteiger partial charge in [0.1, 0.15) is 11.2 Å². The lowest BCUT2D eigenvalue weighted by Gasteiger charge is -2.27. The van der Waals surface area contributed by atoms with Gasteiger partial charge in [0.05, 0.1) is 5.75 Å². The van der Waals surface area contributed by atoms with Gasteiger partial charge in [-0.05, 0) is 41.5 Å². The van der Waals surface area contributed by atoms with Gasteiger partial charge in [-0.3, -0.25) is 9.69 Å². The number of nitrogens with zero attached hydrogens (tertiary/aromatic N) is 2. The van der Waals surface area contributed by atoms with E-state index in [-0.39, 0.29) is 17.1 Å². The fourth-order valence-electron chi connectivity index (χ4n) is 2.81. The number of nitrogens with two attached hydrogens (primary N) is 1. The maximum absolute atomic E-state index is 13.2. The van der Waals surface area contributed by atoms with Crippen molar-refractivity contribution in [2.24, 2.45) is 5.73 Å². The maximum Gasteiger partial charge on any atom is 0.238 e. The van der Waals surface area contributed by atoms with E-state index in [0.717, 1.165) is 22.5 Å². The summed E-state index contributed by atoms with van der Waals surface area (Å²) in [5, 5.41) is -0.159. The van der Waals surface area contributed by atoms with Crippen LogP contribution in [0.15, 0.2) is 42.5 Å². The first-order valence-electron chi connectivity index (χ1n) is 7.70. The van der Waals surface area contributed by atoms with Crippen molar-refractivity contribution in [3.05, 3.63) is 59.4 Å². The molecule has 3 rings (SSSR count). The van der Waals surface area contributed by atoms with Gasteiger partial charge >= 0.3 is 0 Å². The summed E-state index contributed by atoms with van der Waals surface area (Å²) in [6, 6.07) is 12.2. The third-order valence-electron chi connectivity index (χ3n) is 4.08. The van der Waals surface area contributed by atoms with Gasteiger partial charge in [-0.25, -0.2) is 4.39 Å². The Balaban J connectivity index is 2.02. The summed E-state index contributed by atoms with van der Waals surface area (Å²) in [7, 11) is 3.93. The molecule has 1 amide bonds. The molecule has 24 heavy (non-hydrogen) atoms. The number of amides is 1. The van der Waals surface area contributed by atoms with Crippen LogP contribution in [0, 0.1) is 5.82 Å². The fraction of sp³-hybridized carbons (Fsp3) is 0.278. The SMILES string of the molecule is CN(C)c1ccc(N2C(=O)CSC2c2ccc(F)cc2)c(CN)c1. The molecule has 2 aromatic carbocycles. The minimum absolute atomic E-state index is 0.0432. The van der Waals surface area contributed by atoms with Crippen molar-refractivity contribution >= 4 is 29.0 Å². The molecular weight excluding hydrogens is 325 g/mol. The molecule has 0 aromatic heterocycles. The van der Waals surface area contributed by atoms with E-state index in [4.69, 9.17) is 5.73 Å². The Morgan fingerprint density at radius 1 is 1.25 bits per heavy atom. The van der Waals surface area contributed by atoms with Crippen molar-refractivity contribution < 1.29 is 9.18 Å². The first kappa shape index (κ1) is 16.8. The summed E-state index contributed by atoms with van der Waals surface area (Å²) in [5.74, 6) is 0.167. The van der Waals surface area contributed by atoms with Crippen LogP contribution < -0.4 is 15.5 Å². The third-order valence-corrected chi connectivity index (χ3v) is 5.29. The van der Waals surface area contributed by atoms with Crippen LogP contribution in [0.4, 0.5) is 15.8 Å². The summed E-state index contributed by atoms with van der Waals surface area (Å²) in [6.07, 6.45) is 0. The Labute approximate surface area is 145 Å².